The van der Waals surface area contributed by atoms with Crippen molar-refractivity contribution in [3.63, 3.8) is 0 Å². The third-order valence-corrected chi connectivity index (χ3v) is 5.65. The molecule has 0 aromatic heterocycles. The highest BCUT2D eigenvalue weighted by molar-refractivity contribution is 8.26. The lowest BCUT2D eigenvalue weighted by Gasteiger charge is -2.12. The highest BCUT2D eigenvalue weighted by Gasteiger charge is 2.31. The van der Waals surface area contributed by atoms with E-state index in [1.807, 2.05) is 31.2 Å². The standard InChI is InChI=1S/C22H20N2O5S2/c1-3-9-23-21(25)20(31-22(23)30)14-16-13-17(24(26)27)7-8-19(16)29-11-10-28-18-6-4-5-15(2)12-18/h3-8,12-14H,1,9-11H2,2H3. The summed E-state index contributed by atoms with van der Waals surface area (Å²) in [5.41, 5.74) is 1.41. The summed E-state index contributed by atoms with van der Waals surface area (Å²) in [6.07, 6.45) is 3.15. The zero-order valence-electron chi connectivity index (χ0n) is 16.8. The van der Waals surface area contributed by atoms with E-state index in [0.29, 0.717) is 33.7 Å². The number of benzene rings is 2. The first-order valence-corrected chi connectivity index (χ1v) is 10.6. The van der Waals surface area contributed by atoms with Crippen molar-refractivity contribution in [1.29, 1.82) is 0 Å². The van der Waals surface area contributed by atoms with Crippen molar-refractivity contribution in [1.82, 2.24) is 4.90 Å². The van der Waals surface area contributed by atoms with Gasteiger partial charge in [0.2, 0.25) is 0 Å². The lowest BCUT2D eigenvalue weighted by atomic mass is 10.1. The molecule has 0 spiro atoms. The normalized spacial score (nSPS) is 14.7. The number of carbonyl (C=O) groups is 1. The number of nitro benzene ring substituents is 1. The number of aryl methyl sites for hydroxylation is 1. The minimum Gasteiger partial charge on any atom is -0.490 e. The smallest absolute Gasteiger partial charge is 0.270 e. The number of hydrogen-bond donors (Lipinski definition) is 0. The second-order valence-electron chi connectivity index (χ2n) is 6.57. The number of nitro groups is 1. The maximum atomic E-state index is 12.6. The molecular formula is C22H20N2O5S2. The summed E-state index contributed by atoms with van der Waals surface area (Å²) in [4.78, 5) is 25.1. The summed E-state index contributed by atoms with van der Waals surface area (Å²) >= 11 is 6.38. The predicted molar refractivity (Wildman–Crippen MR) is 125 cm³/mol. The highest BCUT2D eigenvalue weighted by Crippen LogP contribution is 2.35. The van der Waals surface area contributed by atoms with Crippen LogP contribution in [0.3, 0.4) is 0 Å². The molecule has 0 bridgehead atoms. The van der Waals surface area contributed by atoms with Gasteiger partial charge in [0.25, 0.3) is 11.6 Å². The van der Waals surface area contributed by atoms with Crippen LogP contribution < -0.4 is 9.47 Å². The molecule has 1 saturated heterocycles. The molecule has 2 aromatic rings. The molecule has 0 atom stereocenters. The van der Waals surface area contributed by atoms with Crippen molar-refractivity contribution < 1.29 is 19.2 Å². The van der Waals surface area contributed by atoms with E-state index in [1.165, 1.54) is 23.1 Å². The number of hydrogen-bond acceptors (Lipinski definition) is 7. The summed E-state index contributed by atoms with van der Waals surface area (Å²) < 4.78 is 11.9. The summed E-state index contributed by atoms with van der Waals surface area (Å²) in [5, 5.41) is 11.2. The lowest BCUT2D eigenvalue weighted by Crippen LogP contribution is -2.27. The summed E-state index contributed by atoms with van der Waals surface area (Å²) in [6, 6.07) is 11.9. The second kappa shape index (κ2) is 10.2. The van der Waals surface area contributed by atoms with Gasteiger partial charge < -0.3 is 9.47 Å². The van der Waals surface area contributed by atoms with Gasteiger partial charge in [-0.05, 0) is 36.8 Å². The largest absolute Gasteiger partial charge is 0.490 e. The first-order chi connectivity index (χ1) is 14.9. The Balaban J connectivity index is 1.76. The Morgan fingerprint density at radius 2 is 2.00 bits per heavy atom. The van der Waals surface area contributed by atoms with E-state index < -0.39 is 4.92 Å². The van der Waals surface area contributed by atoms with Crippen LogP contribution in [0.25, 0.3) is 6.08 Å². The van der Waals surface area contributed by atoms with Gasteiger partial charge in [-0.15, -0.1) is 6.58 Å². The molecule has 1 aliphatic rings. The number of amides is 1. The molecule has 31 heavy (non-hydrogen) atoms. The Bertz CT molecular complexity index is 1070. The maximum absolute atomic E-state index is 12.6. The number of rotatable bonds is 9. The summed E-state index contributed by atoms with van der Waals surface area (Å²) in [5.74, 6) is 0.876. The van der Waals surface area contributed by atoms with Crippen molar-refractivity contribution in [2.24, 2.45) is 0 Å². The Hall–Kier alpha value is -3.17. The summed E-state index contributed by atoms with van der Waals surface area (Å²) in [7, 11) is 0. The van der Waals surface area contributed by atoms with E-state index in [1.54, 1.807) is 12.2 Å². The van der Waals surface area contributed by atoms with Gasteiger partial charge in [0.05, 0.1) is 9.83 Å². The average Bonchev–Trinajstić information content (AvgIpc) is 2.99. The van der Waals surface area contributed by atoms with E-state index in [0.717, 1.165) is 23.1 Å². The van der Waals surface area contributed by atoms with Gasteiger partial charge in [-0.25, -0.2) is 0 Å². The summed E-state index contributed by atoms with van der Waals surface area (Å²) in [6.45, 7) is 6.42. The first kappa shape index (κ1) is 22.5. The van der Waals surface area contributed by atoms with Crippen molar-refractivity contribution in [2.75, 3.05) is 19.8 Å². The molecule has 1 heterocycles. The van der Waals surface area contributed by atoms with Crippen LogP contribution in [0.2, 0.25) is 0 Å². The van der Waals surface area contributed by atoms with E-state index in [-0.39, 0.29) is 18.2 Å². The number of non-ortho nitro benzene ring substituents is 1. The zero-order valence-corrected chi connectivity index (χ0v) is 18.4. The Labute approximate surface area is 189 Å². The third kappa shape index (κ3) is 5.71. The van der Waals surface area contributed by atoms with Crippen LogP contribution in [0.4, 0.5) is 5.69 Å². The molecule has 0 saturated carbocycles. The molecule has 1 fully saturated rings. The third-order valence-electron chi connectivity index (χ3n) is 4.28. The van der Waals surface area contributed by atoms with E-state index in [9.17, 15) is 14.9 Å². The lowest BCUT2D eigenvalue weighted by molar-refractivity contribution is -0.384. The number of thiocarbonyl (C=S) groups is 1. The topological polar surface area (TPSA) is 81.9 Å². The van der Waals surface area contributed by atoms with Crippen molar-refractivity contribution in [3.05, 3.63) is 81.3 Å². The van der Waals surface area contributed by atoms with Gasteiger partial charge in [-0.1, -0.05) is 42.2 Å². The van der Waals surface area contributed by atoms with Crippen molar-refractivity contribution >= 4 is 46.0 Å². The number of carbonyl (C=O) groups excluding carboxylic acids is 1. The maximum Gasteiger partial charge on any atom is 0.270 e. The van der Waals surface area contributed by atoms with Crippen LogP contribution in [-0.2, 0) is 4.79 Å². The van der Waals surface area contributed by atoms with Gasteiger partial charge in [-0.2, -0.15) is 0 Å². The molecule has 0 unspecified atom stereocenters. The minimum absolute atomic E-state index is 0.101. The van der Waals surface area contributed by atoms with Crippen LogP contribution in [-0.4, -0.2) is 39.8 Å². The van der Waals surface area contributed by atoms with Crippen LogP contribution in [0.1, 0.15) is 11.1 Å². The Kier molecular flexibility index (Phi) is 7.43. The van der Waals surface area contributed by atoms with Gasteiger partial charge >= 0.3 is 0 Å². The molecule has 0 N–H and O–H groups in total. The molecule has 0 radical (unpaired) electrons. The number of ether oxygens (including phenoxy) is 2. The molecule has 2 aromatic carbocycles. The highest BCUT2D eigenvalue weighted by atomic mass is 32.2. The Morgan fingerprint density at radius 1 is 1.23 bits per heavy atom. The quantitative estimate of drug-likeness (QED) is 0.134. The number of nitrogens with zero attached hydrogens (tertiary/aromatic N) is 2. The molecule has 1 aliphatic heterocycles. The van der Waals surface area contributed by atoms with E-state index in [4.69, 9.17) is 21.7 Å². The SMILES string of the molecule is C=CCN1C(=O)C(=Cc2cc([N+](=O)[O-])ccc2OCCOc2cccc(C)c2)SC1=S. The van der Waals surface area contributed by atoms with Crippen LogP contribution in [0.15, 0.2) is 60.0 Å². The van der Waals surface area contributed by atoms with Crippen LogP contribution in [0.5, 0.6) is 11.5 Å². The van der Waals surface area contributed by atoms with Gasteiger partial charge in [0.1, 0.15) is 29.0 Å². The van der Waals surface area contributed by atoms with Crippen molar-refractivity contribution in [2.45, 2.75) is 6.92 Å². The zero-order chi connectivity index (χ0) is 22.4. The van der Waals surface area contributed by atoms with E-state index >= 15 is 0 Å². The fourth-order valence-electron chi connectivity index (χ4n) is 2.84. The monoisotopic (exact) mass is 456 g/mol. The van der Waals surface area contributed by atoms with Gasteiger partial charge in [0, 0.05) is 24.2 Å². The van der Waals surface area contributed by atoms with Crippen LogP contribution in [0, 0.1) is 17.0 Å². The van der Waals surface area contributed by atoms with Crippen molar-refractivity contribution in [3.8, 4) is 11.5 Å². The molecule has 7 nitrogen and oxygen atoms in total. The fourth-order valence-corrected chi connectivity index (χ4v) is 4.10. The molecule has 160 valence electrons. The molecular weight excluding hydrogens is 436 g/mol. The first-order valence-electron chi connectivity index (χ1n) is 9.36. The minimum atomic E-state index is -0.495. The van der Waals surface area contributed by atoms with Crippen LogP contribution >= 0.6 is 24.0 Å². The van der Waals surface area contributed by atoms with E-state index in [2.05, 4.69) is 6.58 Å². The Morgan fingerprint density at radius 3 is 2.71 bits per heavy atom. The molecule has 3 rings (SSSR count). The second-order valence-corrected chi connectivity index (χ2v) is 8.25. The van der Waals surface area contributed by atoms with Gasteiger partial charge in [0.15, 0.2) is 0 Å². The number of thioether (sulfide) groups is 1. The average molecular weight is 457 g/mol. The fraction of sp³-hybridized carbons (Fsp3) is 0.182. The predicted octanol–water partition coefficient (Wildman–Crippen LogP) is 4.75. The molecule has 0 aliphatic carbocycles. The molecule has 9 heteroatoms. The molecule has 1 amide bonds. The van der Waals surface area contributed by atoms with Gasteiger partial charge in [-0.3, -0.25) is 19.8 Å².